The summed E-state index contributed by atoms with van der Waals surface area (Å²) in [6.45, 7) is 2.76. The van der Waals surface area contributed by atoms with Crippen molar-refractivity contribution in [2.75, 3.05) is 26.1 Å². The fourth-order valence-corrected chi connectivity index (χ4v) is 3.21. The molecule has 3 heterocycles. The molecule has 0 unspecified atom stereocenters. The van der Waals surface area contributed by atoms with E-state index in [-0.39, 0.29) is 0 Å². The molecule has 0 aliphatic heterocycles. The third-order valence-electron chi connectivity index (χ3n) is 4.49. The van der Waals surface area contributed by atoms with E-state index in [2.05, 4.69) is 31.4 Å². The van der Waals surface area contributed by atoms with Gasteiger partial charge in [-0.25, -0.2) is 4.98 Å². The molecular weight excluding hydrogens is 344 g/mol. The van der Waals surface area contributed by atoms with Crippen molar-refractivity contribution in [2.45, 2.75) is 19.8 Å². The predicted octanol–water partition coefficient (Wildman–Crippen LogP) is 2.98. The molecule has 0 saturated carbocycles. The van der Waals surface area contributed by atoms with E-state index < -0.39 is 0 Å². The zero-order valence-corrected chi connectivity index (χ0v) is 15.6. The summed E-state index contributed by atoms with van der Waals surface area (Å²) < 4.78 is 12.5. The van der Waals surface area contributed by atoms with Gasteiger partial charge in [-0.1, -0.05) is 0 Å². The van der Waals surface area contributed by atoms with Gasteiger partial charge in [0, 0.05) is 41.5 Å². The number of ether oxygens (including phenoxy) is 2. The van der Waals surface area contributed by atoms with Crippen LogP contribution in [0.4, 0.5) is 5.82 Å². The lowest BCUT2D eigenvalue weighted by Crippen LogP contribution is -2.09. The highest BCUT2D eigenvalue weighted by Gasteiger charge is 2.09. The number of benzene rings is 1. The number of aromatic amines is 1. The number of nitrogens with one attached hydrogen (secondary N) is 2. The standard InChI is InChI=1S/C19H22N6O2/c1-12-7-18(25-19(23-12)21-11-22-25)20-6-4-5-13-8-15-16(24-13)9-14(26-2)10-17(15)27-3/h7-11,20,24H,4-6H2,1-3H3. The van der Waals surface area contributed by atoms with E-state index in [0.717, 1.165) is 59.0 Å². The minimum absolute atomic E-state index is 0.606. The normalized spacial score (nSPS) is 11.2. The van der Waals surface area contributed by atoms with Crippen LogP contribution in [-0.4, -0.2) is 45.3 Å². The van der Waals surface area contributed by atoms with Gasteiger partial charge in [0.2, 0.25) is 0 Å². The summed E-state index contributed by atoms with van der Waals surface area (Å²) >= 11 is 0. The molecule has 0 aliphatic carbocycles. The molecular formula is C19H22N6O2. The first kappa shape index (κ1) is 17.1. The minimum Gasteiger partial charge on any atom is -0.497 e. The summed E-state index contributed by atoms with van der Waals surface area (Å²) in [5.41, 5.74) is 3.09. The van der Waals surface area contributed by atoms with Gasteiger partial charge in [0.15, 0.2) is 0 Å². The number of H-pyrrole nitrogens is 1. The molecule has 140 valence electrons. The maximum Gasteiger partial charge on any atom is 0.254 e. The van der Waals surface area contributed by atoms with E-state index in [4.69, 9.17) is 9.47 Å². The maximum atomic E-state index is 5.48. The molecule has 3 aromatic heterocycles. The topological polar surface area (TPSA) is 89.4 Å². The number of aromatic nitrogens is 5. The van der Waals surface area contributed by atoms with Crippen LogP contribution in [0.3, 0.4) is 0 Å². The molecule has 0 radical (unpaired) electrons. The van der Waals surface area contributed by atoms with Gasteiger partial charge in [-0.05, 0) is 25.8 Å². The van der Waals surface area contributed by atoms with Gasteiger partial charge in [0.1, 0.15) is 23.6 Å². The Morgan fingerprint density at radius 3 is 2.85 bits per heavy atom. The highest BCUT2D eigenvalue weighted by molar-refractivity contribution is 5.88. The van der Waals surface area contributed by atoms with Crippen molar-refractivity contribution < 1.29 is 9.47 Å². The van der Waals surface area contributed by atoms with Crippen LogP contribution in [0.5, 0.6) is 11.5 Å². The SMILES string of the molecule is COc1cc(OC)c2cc(CCCNc3cc(C)nc4ncnn34)[nH]c2c1. The first-order chi connectivity index (χ1) is 13.2. The van der Waals surface area contributed by atoms with Crippen LogP contribution < -0.4 is 14.8 Å². The Morgan fingerprint density at radius 1 is 1.15 bits per heavy atom. The average Bonchev–Trinajstić information content (AvgIpc) is 3.30. The molecule has 0 bridgehead atoms. The Hall–Kier alpha value is -3.29. The van der Waals surface area contributed by atoms with Crippen molar-refractivity contribution in [2.24, 2.45) is 0 Å². The molecule has 8 heteroatoms. The summed E-state index contributed by atoms with van der Waals surface area (Å²) in [5, 5.41) is 8.70. The van der Waals surface area contributed by atoms with E-state index in [9.17, 15) is 0 Å². The molecule has 0 atom stereocenters. The lowest BCUT2D eigenvalue weighted by molar-refractivity contribution is 0.398. The van der Waals surface area contributed by atoms with Gasteiger partial charge < -0.3 is 19.8 Å². The third kappa shape index (κ3) is 3.38. The van der Waals surface area contributed by atoms with Crippen LogP contribution in [0, 0.1) is 6.92 Å². The van der Waals surface area contributed by atoms with Gasteiger partial charge in [-0.3, -0.25) is 0 Å². The van der Waals surface area contributed by atoms with Gasteiger partial charge in [0.25, 0.3) is 5.78 Å². The second kappa shape index (κ2) is 7.14. The molecule has 2 N–H and O–H groups in total. The van der Waals surface area contributed by atoms with E-state index >= 15 is 0 Å². The molecule has 4 rings (SSSR count). The average molecular weight is 366 g/mol. The molecule has 0 fully saturated rings. The van der Waals surface area contributed by atoms with Gasteiger partial charge in [-0.2, -0.15) is 14.6 Å². The first-order valence-corrected chi connectivity index (χ1v) is 8.83. The van der Waals surface area contributed by atoms with Gasteiger partial charge >= 0.3 is 0 Å². The number of methoxy groups -OCH3 is 2. The number of nitrogens with zero attached hydrogens (tertiary/aromatic N) is 4. The number of anilines is 1. The Bertz CT molecular complexity index is 1080. The van der Waals surface area contributed by atoms with Crippen LogP contribution in [0.1, 0.15) is 17.8 Å². The zero-order valence-electron chi connectivity index (χ0n) is 15.6. The molecule has 0 spiro atoms. The number of rotatable bonds is 7. The monoisotopic (exact) mass is 366 g/mol. The van der Waals surface area contributed by atoms with Crippen LogP contribution in [0.15, 0.2) is 30.6 Å². The second-order valence-electron chi connectivity index (χ2n) is 6.37. The Morgan fingerprint density at radius 2 is 2.04 bits per heavy atom. The molecule has 0 amide bonds. The van der Waals surface area contributed by atoms with Crippen LogP contribution in [-0.2, 0) is 6.42 Å². The summed E-state index contributed by atoms with van der Waals surface area (Å²) in [6.07, 6.45) is 3.39. The van der Waals surface area contributed by atoms with E-state index in [0.29, 0.717) is 5.78 Å². The fraction of sp³-hybridized carbons (Fsp3) is 0.316. The largest absolute Gasteiger partial charge is 0.497 e. The quantitative estimate of drug-likeness (QED) is 0.489. The van der Waals surface area contributed by atoms with Crippen LogP contribution in [0.25, 0.3) is 16.7 Å². The summed E-state index contributed by atoms with van der Waals surface area (Å²) in [5.74, 6) is 3.09. The molecule has 1 aromatic carbocycles. The van der Waals surface area contributed by atoms with E-state index in [1.807, 2.05) is 25.1 Å². The number of hydrogen-bond donors (Lipinski definition) is 2. The van der Waals surface area contributed by atoms with E-state index in [1.165, 1.54) is 6.33 Å². The van der Waals surface area contributed by atoms with Crippen molar-refractivity contribution in [3.05, 3.63) is 42.0 Å². The Kier molecular flexibility index (Phi) is 4.53. The van der Waals surface area contributed by atoms with E-state index in [1.54, 1.807) is 18.7 Å². The number of fused-ring (bicyclic) bond motifs is 2. The smallest absolute Gasteiger partial charge is 0.254 e. The zero-order chi connectivity index (χ0) is 18.8. The summed E-state index contributed by atoms with van der Waals surface area (Å²) in [6, 6.07) is 8.00. The lowest BCUT2D eigenvalue weighted by Gasteiger charge is -2.08. The molecule has 8 nitrogen and oxygen atoms in total. The predicted molar refractivity (Wildman–Crippen MR) is 104 cm³/mol. The highest BCUT2D eigenvalue weighted by Crippen LogP contribution is 2.31. The third-order valence-corrected chi connectivity index (χ3v) is 4.49. The van der Waals surface area contributed by atoms with Crippen molar-refractivity contribution in [1.29, 1.82) is 0 Å². The number of hydrogen-bond acceptors (Lipinski definition) is 6. The van der Waals surface area contributed by atoms with Crippen molar-refractivity contribution in [3.63, 3.8) is 0 Å². The fourth-order valence-electron chi connectivity index (χ4n) is 3.21. The van der Waals surface area contributed by atoms with Crippen molar-refractivity contribution >= 4 is 22.5 Å². The molecule has 0 aliphatic rings. The van der Waals surface area contributed by atoms with Crippen LogP contribution >= 0.6 is 0 Å². The number of aryl methyl sites for hydroxylation is 2. The Labute approximate surface area is 156 Å². The maximum absolute atomic E-state index is 5.48. The minimum atomic E-state index is 0.606. The molecule has 4 aromatic rings. The Balaban J connectivity index is 1.44. The highest BCUT2D eigenvalue weighted by atomic mass is 16.5. The lowest BCUT2D eigenvalue weighted by atomic mass is 10.2. The summed E-state index contributed by atoms with van der Waals surface area (Å²) in [4.78, 5) is 11.9. The molecule has 27 heavy (non-hydrogen) atoms. The molecule has 0 saturated heterocycles. The first-order valence-electron chi connectivity index (χ1n) is 8.83. The second-order valence-corrected chi connectivity index (χ2v) is 6.37. The van der Waals surface area contributed by atoms with Gasteiger partial charge in [-0.15, -0.1) is 0 Å². The van der Waals surface area contributed by atoms with Gasteiger partial charge in [0.05, 0.1) is 19.7 Å². The summed E-state index contributed by atoms with van der Waals surface area (Å²) in [7, 11) is 3.33. The van der Waals surface area contributed by atoms with Crippen molar-refractivity contribution in [1.82, 2.24) is 24.6 Å². The van der Waals surface area contributed by atoms with Crippen LogP contribution in [0.2, 0.25) is 0 Å². The van der Waals surface area contributed by atoms with Crippen molar-refractivity contribution in [3.8, 4) is 11.5 Å².